The lowest BCUT2D eigenvalue weighted by atomic mass is 9.93. The number of nitrogens with zero attached hydrogens (tertiary/aromatic N) is 2. The predicted molar refractivity (Wildman–Crippen MR) is 158 cm³/mol. The zero-order valence-corrected chi connectivity index (χ0v) is 22.6. The minimum atomic E-state index is -1.06. The van der Waals surface area contributed by atoms with Crippen LogP contribution in [0.15, 0.2) is 128 Å². The van der Waals surface area contributed by atoms with Crippen molar-refractivity contribution < 1.29 is 19.2 Å². The number of ether oxygens (including phenoxy) is 1. The van der Waals surface area contributed by atoms with Gasteiger partial charge in [0.15, 0.2) is 25.7 Å². The van der Waals surface area contributed by atoms with E-state index in [0.29, 0.717) is 13.0 Å². The van der Waals surface area contributed by atoms with Crippen LogP contribution in [-0.2, 0) is 24.3 Å². The van der Waals surface area contributed by atoms with E-state index in [1.165, 1.54) is 16.7 Å². The third-order valence-electron chi connectivity index (χ3n) is 7.50. The topological polar surface area (TPSA) is 68.5 Å². The molecular formula is C35H31N3O3. The third kappa shape index (κ3) is 6.23. The van der Waals surface area contributed by atoms with Crippen LogP contribution in [0, 0.1) is 0 Å². The molecule has 5 aromatic rings. The second-order valence-electron chi connectivity index (χ2n) is 10.2. The average Bonchev–Trinajstić information content (AvgIpc) is 3.02. The van der Waals surface area contributed by atoms with E-state index in [1.54, 1.807) is 0 Å². The molecule has 0 radical (unpaired) electrons. The van der Waals surface area contributed by atoms with Gasteiger partial charge in [0.2, 0.25) is 0 Å². The van der Waals surface area contributed by atoms with Gasteiger partial charge in [-0.15, -0.1) is 0 Å². The maximum Gasteiger partial charge on any atom is 0.173 e. The van der Waals surface area contributed by atoms with Gasteiger partial charge in [0, 0.05) is 35.6 Å². The Balaban J connectivity index is 1.04. The summed E-state index contributed by atoms with van der Waals surface area (Å²) in [7, 11) is 0. The number of benzene rings is 4. The molecule has 1 aliphatic rings. The second-order valence-corrected chi connectivity index (χ2v) is 10.2. The molecule has 6 rings (SSSR count). The molecule has 1 atom stereocenters. The number of hydrogen-bond donors (Lipinski definition) is 1. The molecule has 1 aromatic heterocycles. The highest BCUT2D eigenvalue weighted by molar-refractivity contribution is 5.78. The molecule has 1 N–H and O–H groups in total. The number of nitrogens with one attached hydrogen (secondary N) is 1. The Morgan fingerprint density at radius 1 is 0.829 bits per heavy atom. The van der Waals surface area contributed by atoms with E-state index in [9.17, 15) is 9.90 Å². The lowest BCUT2D eigenvalue weighted by Crippen LogP contribution is -2.51. The quantitative estimate of drug-likeness (QED) is 0.214. The SMILES string of the molecule is O=C([O-])C1Cc2ccccc2CN1c1cccc(NCOc2ccc(C[n+]3ccc(-c4ccccc4)cc3)cc2)c1. The summed E-state index contributed by atoms with van der Waals surface area (Å²) in [5.74, 6) is -0.293. The summed E-state index contributed by atoms with van der Waals surface area (Å²) in [6, 6.07) is 37.7. The van der Waals surface area contributed by atoms with Gasteiger partial charge in [0.25, 0.3) is 0 Å². The molecule has 0 fully saturated rings. The molecule has 2 heterocycles. The Kier molecular flexibility index (Phi) is 7.63. The van der Waals surface area contributed by atoms with E-state index in [1.807, 2.05) is 65.6 Å². The maximum absolute atomic E-state index is 12.0. The molecule has 0 aliphatic carbocycles. The molecular weight excluding hydrogens is 510 g/mol. The number of hydrogen-bond acceptors (Lipinski definition) is 5. The van der Waals surface area contributed by atoms with Crippen molar-refractivity contribution >= 4 is 17.3 Å². The van der Waals surface area contributed by atoms with Crippen LogP contribution in [0.3, 0.4) is 0 Å². The summed E-state index contributed by atoms with van der Waals surface area (Å²) in [5, 5.41) is 15.3. The van der Waals surface area contributed by atoms with Crippen molar-refractivity contribution in [2.75, 3.05) is 16.9 Å². The highest BCUT2D eigenvalue weighted by Gasteiger charge is 2.27. The number of aliphatic carboxylic acids is 1. The van der Waals surface area contributed by atoms with Crippen LogP contribution >= 0.6 is 0 Å². The minimum Gasteiger partial charge on any atom is -0.548 e. The molecule has 41 heavy (non-hydrogen) atoms. The monoisotopic (exact) mass is 541 g/mol. The van der Waals surface area contributed by atoms with Gasteiger partial charge in [-0.25, -0.2) is 4.57 Å². The zero-order valence-electron chi connectivity index (χ0n) is 22.6. The van der Waals surface area contributed by atoms with Gasteiger partial charge in [-0.2, -0.15) is 0 Å². The number of anilines is 2. The number of aromatic nitrogens is 1. The first-order chi connectivity index (χ1) is 20.1. The fourth-order valence-electron chi connectivity index (χ4n) is 5.29. The van der Waals surface area contributed by atoms with Crippen molar-refractivity contribution in [1.82, 2.24) is 0 Å². The van der Waals surface area contributed by atoms with Crippen molar-refractivity contribution in [2.24, 2.45) is 0 Å². The molecule has 0 spiro atoms. The summed E-state index contributed by atoms with van der Waals surface area (Å²) in [6.45, 7) is 1.58. The molecule has 1 unspecified atom stereocenters. The summed E-state index contributed by atoms with van der Waals surface area (Å²) in [4.78, 5) is 13.9. The van der Waals surface area contributed by atoms with Crippen LogP contribution in [-0.4, -0.2) is 18.7 Å². The zero-order chi connectivity index (χ0) is 28.0. The number of pyridine rings is 1. The number of carboxylic acids is 1. The molecule has 6 heteroatoms. The van der Waals surface area contributed by atoms with Gasteiger partial charge in [-0.05, 0) is 71.1 Å². The van der Waals surface area contributed by atoms with Crippen molar-refractivity contribution in [3.05, 3.63) is 144 Å². The van der Waals surface area contributed by atoms with Crippen molar-refractivity contribution in [3.8, 4) is 16.9 Å². The van der Waals surface area contributed by atoms with Crippen molar-refractivity contribution in [3.63, 3.8) is 0 Å². The molecule has 0 bridgehead atoms. The number of carbonyl (C=O) groups is 1. The van der Waals surface area contributed by atoms with Crippen molar-refractivity contribution in [2.45, 2.75) is 25.6 Å². The first-order valence-electron chi connectivity index (χ1n) is 13.8. The molecule has 0 amide bonds. The van der Waals surface area contributed by atoms with Crippen LogP contribution in [0.5, 0.6) is 5.75 Å². The predicted octanol–water partition coefficient (Wildman–Crippen LogP) is 4.82. The Morgan fingerprint density at radius 3 is 2.29 bits per heavy atom. The maximum atomic E-state index is 12.0. The molecule has 1 aliphatic heterocycles. The van der Waals surface area contributed by atoms with Crippen molar-refractivity contribution in [1.29, 1.82) is 0 Å². The number of carboxylic acid groups (broad SMARTS) is 1. The Labute approximate surface area is 240 Å². The van der Waals surface area contributed by atoms with Crippen LogP contribution < -0.4 is 24.6 Å². The summed E-state index contributed by atoms with van der Waals surface area (Å²) >= 11 is 0. The van der Waals surface area contributed by atoms with Crippen LogP contribution in [0.4, 0.5) is 11.4 Å². The van der Waals surface area contributed by atoms with Crippen LogP contribution in [0.25, 0.3) is 11.1 Å². The summed E-state index contributed by atoms with van der Waals surface area (Å²) in [5.41, 5.74) is 7.47. The van der Waals surface area contributed by atoms with E-state index in [4.69, 9.17) is 4.74 Å². The Bertz CT molecular complexity index is 1620. The largest absolute Gasteiger partial charge is 0.548 e. The molecule has 6 nitrogen and oxygen atoms in total. The highest BCUT2D eigenvalue weighted by Crippen LogP contribution is 2.30. The molecule has 0 saturated carbocycles. The van der Waals surface area contributed by atoms with E-state index in [2.05, 4.69) is 76.9 Å². The lowest BCUT2D eigenvalue weighted by Gasteiger charge is -2.39. The molecule has 0 saturated heterocycles. The average molecular weight is 542 g/mol. The molecule has 204 valence electrons. The smallest absolute Gasteiger partial charge is 0.173 e. The van der Waals surface area contributed by atoms with Gasteiger partial charge in [-0.3, -0.25) is 0 Å². The van der Waals surface area contributed by atoms with Gasteiger partial charge >= 0.3 is 0 Å². The fourth-order valence-corrected chi connectivity index (χ4v) is 5.29. The summed E-state index contributed by atoms with van der Waals surface area (Å²) < 4.78 is 8.09. The minimum absolute atomic E-state index is 0.283. The molecule has 4 aromatic carbocycles. The number of carbonyl (C=O) groups excluding carboxylic acids is 1. The van der Waals surface area contributed by atoms with Crippen LogP contribution in [0.2, 0.25) is 0 Å². The third-order valence-corrected chi connectivity index (χ3v) is 7.50. The van der Waals surface area contributed by atoms with Gasteiger partial charge < -0.3 is 24.9 Å². The number of fused-ring (bicyclic) bond motifs is 1. The lowest BCUT2D eigenvalue weighted by molar-refractivity contribution is -0.688. The Morgan fingerprint density at radius 2 is 1.54 bits per heavy atom. The first-order valence-corrected chi connectivity index (χ1v) is 13.8. The van der Waals surface area contributed by atoms with E-state index >= 15 is 0 Å². The number of rotatable bonds is 9. The van der Waals surface area contributed by atoms with E-state index in [0.717, 1.165) is 34.8 Å². The normalized spacial score (nSPS) is 14.2. The van der Waals surface area contributed by atoms with E-state index < -0.39 is 12.0 Å². The van der Waals surface area contributed by atoms with Gasteiger partial charge in [-0.1, -0.05) is 60.7 Å². The second kappa shape index (κ2) is 12.0. The fraction of sp³-hybridized carbons (Fsp3) is 0.143. The Hall–Kier alpha value is -5.10. The van der Waals surface area contributed by atoms with Crippen LogP contribution in [0.1, 0.15) is 16.7 Å². The van der Waals surface area contributed by atoms with E-state index in [-0.39, 0.29) is 6.73 Å². The van der Waals surface area contributed by atoms with Gasteiger partial charge in [0.1, 0.15) is 5.75 Å². The highest BCUT2D eigenvalue weighted by atomic mass is 16.5. The van der Waals surface area contributed by atoms with Gasteiger partial charge in [0.05, 0.1) is 12.0 Å². The summed E-state index contributed by atoms with van der Waals surface area (Å²) in [6.07, 6.45) is 4.62. The standard InChI is InChI=1S/C35H31N3O3/c39-35(40)34-21-29-9-4-5-10-30(29)24-38(34)32-12-6-11-31(22-32)36-25-41-33-15-13-26(14-16-33)23-37-19-17-28(18-20-37)27-7-2-1-3-8-27/h1-20,22,34,36H,21,23-25H2. The first kappa shape index (κ1) is 26.1.